The van der Waals surface area contributed by atoms with Crippen LogP contribution < -0.4 is 11.5 Å². The van der Waals surface area contributed by atoms with Crippen LogP contribution in [-0.4, -0.2) is 30.4 Å². The van der Waals surface area contributed by atoms with Crippen LogP contribution in [0.2, 0.25) is 0 Å². The van der Waals surface area contributed by atoms with E-state index in [4.69, 9.17) is 11.5 Å². The van der Waals surface area contributed by atoms with E-state index in [0.717, 1.165) is 32.4 Å². The molecule has 1 aromatic rings. The van der Waals surface area contributed by atoms with Crippen LogP contribution in [0.15, 0.2) is 30.3 Å². The molecule has 1 heterocycles. The number of benzene rings is 1. The number of nitrogens with two attached hydrogens (primary N) is 2. The lowest BCUT2D eigenvalue weighted by Crippen LogP contribution is -2.41. The number of carbonyl (C=O) groups excluding carboxylic acids is 1. The molecule has 1 saturated heterocycles. The summed E-state index contributed by atoms with van der Waals surface area (Å²) >= 11 is 0. The fraction of sp³-hybridized carbons (Fsp3) is 0.533. The number of carbonyl (C=O) groups is 1. The average molecular weight is 261 g/mol. The number of rotatable bonds is 5. The van der Waals surface area contributed by atoms with Gasteiger partial charge in [0, 0.05) is 12.0 Å². The summed E-state index contributed by atoms with van der Waals surface area (Å²) in [5.41, 5.74) is 12.4. The molecular weight excluding hydrogens is 238 g/mol. The van der Waals surface area contributed by atoms with Crippen LogP contribution in [0, 0.1) is 5.92 Å². The Bertz CT molecular complexity index is 399. The van der Waals surface area contributed by atoms with E-state index in [-0.39, 0.29) is 11.8 Å². The molecule has 1 aliphatic rings. The summed E-state index contributed by atoms with van der Waals surface area (Å²) < 4.78 is 0. The highest BCUT2D eigenvalue weighted by Gasteiger charge is 2.27. The van der Waals surface area contributed by atoms with Crippen molar-refractivity contribution >= 4 is 5.91 Å². The van der Waals surface area contributed by atoms with Crippen LogP contribution in [0.3, 0.4) is 0 Å². The summed E-state index contributed by atoms with van der Waals surface area (Å²) in [4.78, 5) is 13.6. The summed E-state index contributed by atoms with van der Waals surface area (Å²) in [6.07, 6.45) is 2.68. The summed E-state index contributed by atoms with van der Waals surface area (Å²) in [6, 6.07) is 10.8. The van der Waals surface area contributed by atoms with Crippen LogP contribution in [0.5, 0.6) is 0 Å². The van der Waals surface area contributed by atoms with Crippen molar-refractivity contribution in [1.82, 2.24) is 4.90 Å². The maximum Gasteiger partial charge on any atom is 0.220 e. The lowest BCUT2D eigenvalue weighted by atomic mass is 9.93. The van der Waals surface area contributed by atoms with Crippen molar-refractivity contribution in [2.75, 3.05) is 19.6 Å². The van der Waals surface area contributed by atoms with Gasteiger partial charge in [0.05, 0.1) is 0 Å². The molecule has 4 nitrogen and oxygen atoms in total. The third-order valence-electron chi connectivity index (χ3n) is 4.00. The Hall–Kier alpha value is -1.39. The molecule has 1 aromatic carbocycles. The molecule has 0 bridgehead atoms. The largest absolute Gasteiger partial charge is 0.369 e. The van der Waals surface area contributed by atoms with E-state index in [1.807, 2.05) is 6.07 Å². The van der Waals surface area contributed by atoms with Gasteiger partial charge in [-0.25, -0.2) is 0 Å². The monoisotopic (exact) mass is 261 g/mol. The third kappa shape index (κ3) is 3.55. The van der Waals surface area contributed by atoms with Gasteiger partial charge in [-0.1, -0.05) is 30.3 Å². The predicted octanol–water partition coefficient (Wildman–Crippen LogP) is 1.27. The van der Waals surface area contributed by atoms with Crippen molar-refractivity contribution in [2.45, 2.75) is 25.3 Å². The Balaban J connectivity index is 2.03. The zero-order valence-corrected chi connectivity index (χ0v) is 11.3. The van der Waals surface area contributed by atoms with Gasteiger partial charge in [-0.3, -0.25) is 9.69 Å². The van der Waals surface area contributed by atoms with Gasteiger partial charge in [0.2, 0.25) is 5.91 Å². The van der Waals surface area contributed by atoms with Gasteiger partial charge in [0.15, 0.2) is 0 Å². The molecule has 104 valence electrons. The Kier molecular flexibility index (Phi) is 4.93. The van der Waals surface area contributed by atoms with Gasteiger partial charge in [0.25, 0.3) is 0 Å². The van der Waals surface area contributed by atoms with E-state index < -0.39 is 0 Å². The van der Waals surface area contributed by atoms with Crippen LogP contribution in [0.4, 0.5) is 0 Å². The van der Waals surface area contributed by atoms with E-state index in [2.05, 4.69) is 29.2 Å². The maximum atomic E-state index is 11.2. The Morgan fingerprint density at radius 2 is 1.89 bits per heavy atom. The quantitative estimate of drug-likeness (QED) is 0.838. The number of hydrogen-bond donors (Lipinski definition) is 2. The fourth-order valence-corrected chi connectivity index (χ4v) is 2.89. The number of primary amides is 1. The minimum atomic E-state index is -0.158. The van der Waals surface area contributed by atoms with Gasteiger partial charge in [0.1, 0.15) is 0 Å². The van der Waals surface area contributed by atoms with Gasteiger partial charge >= 0.3 is 0 Å². The smallest absolute Gasteiger partial charge is 0.220 e. The van der Waals surface area contributed by atoms with Gasteiger partial charge in [-0.2, -0.15) is 0 Å². The first kappa shape index (κ1) is 14.0. The Morgan fingerprint density at radius 3 is 2.42 bits per heavy atom. The second-order valence-electron chi connectivity index (χ2n) is 5.22. The number of nitrogens with zero attached hydrogens (tertiary/aromatic N) is 1. The second-order valence-corrected chi connectivity index (χ2v) is 5.22. The van der Waals surface area contributed by atoms with Crippen molar-refractivity contribution in [3.63, 3.8) is 0 Å². The number of likely N-dealkylation sites (tertiary alicyclic amines) is 1. The predicted molar refractivity (Wildman–Crippen MR) is 76.3 cm³/mol. The summed E-state index contributed by atoms with van der Waals surface area (Å²) in [6.45, 7) is 2.52. The standard InChI is InChI=1S/C15H23N3O/c16-9-6-14(12-4-2-1-3-5-12)18-10-7-13(8-11-18)15(17)19/h1-5,13-14H,6-11,16H2,(H2,17,19). The second kappa shape index (κ2) is 6.68. The molecular formula is C15H23N3O. The van der Waals surface area contributed by atoms with Crippen molar-refractivity contribution < 1.29 is 4.79 Å². The highest BCUT2D eigenvalue weighted by Crippen LogP contribution is 2.28. The lowest BCUT2D eigenvalue weighted by molar-refractivity contribution is -0.123. The first-order valence-corrected chi connectivity index (χ1v) is 7.00. The highest BCUT2D eigenvalue weighted by atomic mass is 16.1. The van der Waals surface area contributed by atoms with Crippen LogP contribution in [-0.2, 0) is 4.79 Å². The molecule has 0 radical (unpaired) electrons. The van der Waals surface area contributed by atoms with E-state index in [1.165, 1.54) is 5.56 Å². The molecule has 0 aliphatic carbocycles. The van der Waals surface area contributed by atoms with Crippen LogP contribution in [0.25, 0.3) is 0 Å². The zero-order chi connectivity index (χ0) is 13.7. The van der Waals surface area contributed by atoms with Gasteiger partial charge in [-0.15, -0.1) is 0 Å². The van der Waals surface area contributed by atoms with E-state index in [1.54, 1.807) is 0 Å². The van der Waals surface area contributed by atoms with Crippen LogP contribution in [0.1, 0.15) is 30.9 Å². The first-order chi connectivity index (χ1) is 9.22. The molecule has 19 heavy (non-hydrogen) atoms. The highest BCUT2D eigenvalue weighted by molar-refractivity contribution is 5.76. The summed E-state index contributed by atoms with van der Waals surface area (Å²) in [7, 11) is 0. The summed E-state index contributed by atoms with van der Waals surface area (Å²) in [5, 5.41) is 0. The van der Waals surface area contributed by atoms with Crippen molar-refractivity contribution in [2.24, 2.45) is 17.4 Å². The van der Waals surface area contributed by atoms with E-state index in [9.17, 15) is 4.79 Å². The Morgan fingerprint density at radius 1 is 1.26 bits per heavy atom. The first-order valence-electron chi connectivity index (χ1n) is 7.00. The van der Waals surface area contributed by atoms with Crippen molar-refractivity contribution in [1.29, 1.82) is 0 Å². The molecule has 1 fully saturated rings. The molecule has 0 spiro atoms. The molecule has 1 atom stereocenters. The SMILES string of the molecule is NCCC(c1ccccc1)N1CCC(C(N)=O)CC1. The normalized spacial score (nSPS) is 19.2. The van der Waals surface area contributed by atoms with Crippen molar-refractivity contribution in [3.8, 4) is 0 Å². The average Bonchev–Trinajstić information content (AvgIpc) is 2.46. The number of amides is 1. The number of hydrogen-bond acceptors (Lipinski definition) is 3. The number of piperidine rings is 1. The molecule has 1 amide bonds. The molecule has 4 N–H and O–H groups in total. The minimum absolute atomic E-state index is 0.0468. The molecule has 1 unspecified atom stereocenters. The summed E-state index contributed by atoms with van der Waals surface area (Å²) in [5.74, 6) is -0.111. The molecule has 0 saturated carbocycles. The van der Waals surface area contributed by atoms with Gasteiger partial charge in [-0.05, 0) is 44.5 Å². The lowest BCUT2D eigenvalue weighted by Gasteiger charge is -2.37. The van der Waals surface area contributed by atoms with Crippen molar-refractivity contribution in [3.05, 3.63) is 35.9 Å². The molecule has 1 aliphatic heterocycles. The third-order valence-corrected chi connectivity index (χ3v) is 4.00. The van der Waals surface area contributed by atoms with E-state index >= 15 is 0 Å². The molecule has 4 heteroatoms. The minimum Gasteiger partial charge on any atom is -0.369 e. The topological polar surface area (TPSA) is 72.3 Å². The van der Waals surface area contributed by atoms with Crippen LogP contribution >= 0.6 is 0 Å². The molecule has 0 aromatic heterocycles. The fourth-order valence-electron chi connectivity index (χ4n) is 2.89. The Labute approximate surface area is 114 Å². The zero-order valence-electron chi connectivity index (χ0n) is 11.3. The maximum absolute atomic E-state index is 11.2. The van der Waals surface area contributed by atoms with Gasteiger partial charge < -0.3 is 11.5 Å². The van der Waals surface area contributed by atoms with E-state index in [0.29, 0.717) is 12.6 Å². The molecule has 2 rings (SSSR count).